The van der Waals surface area contributed by atoms with Gasteiger partial charge in [0.2, 0.25) is 5.91 Å². The molecular weight excluding hydrogens is 190 g/mol. The van der Waals surface area contributed by atoms with Gasteiger partial charge in [-0.05, 0) is 12.3 Å². The maximum absolute atomic E-state index is 11.3. The first-order valence-electron chi connectivity index (χ1n) is 5.87. The maximum Gasteiger partial charge on any atom is 0.228 e. The fourth-order valence-electron chi connectivity index (χ4n) is 2.63. The van der Waals surface area contributed by atoms with Gasteiger partial charge in [-0.25, -0.2) is 4.99 Å². The standard InChI is InChI=1S/C11H19N3O/c12-11-13-9(7-10(15)14-11)6-8-4-2-1-3-5-8/h8-9H,1-7H2,(H3,12,13,14,15). The maximum atomic E-state index is 11.3. The zero-order valence-electron chi connectivity index (χ0n) is 9.04. The van der Waals surface area contributed by atoms with Gasteiger partial charge in [0.25, 0.3) is 0 Å². The minimum atomic E-state index is 0.0170. The average molecular weight is 209 g/mol. The monoisotopic (exact) mass is 209 g/mol. The van der Waals surface area contributed by atoms with Crippen LogP contribution in [-0.4, -0.2) is 17.9 Å². The summed E-state index contributed by atoms with van der Waals surface area (Å²) in [6.07, 6.45) is 8.19. The van der Waals surface area contributed by atoms with Crippen LogP contribution in [0.25, 0.3) is 0 Å². The van der Waals surface area contributed by atoms with Crippen molar-refractivity contribution in [2.24, 2.45) is 16.6 Å². The van der Waals surface area contributed by atoms with Crippen molar-refractivity contribution in [3.63, 3.8) is 0 Å². The Kier molecular flexibility index (Phi) is 3.23. The summed E-state index contributed by atoms with van der Waals surface area (Å²) in [6.45, 7) is 0. The van der Waals surface area contributed by atoms with Crippen LogP contribution in [0.3, 0.4) is 0 Å². The third-order valence-corrected chi connectivity index (χ3v) is 3.34. The van der Waals surface area contributed by atoms with E-state index in [9.17, 15) is 4.79 Å². The molecule has 1 atom stereocenters. The fraction of sp³-hybridized carbons (Fsp3) is 0.818. The van der Waals surface area contributed by atoms with Crippen molar-refractivity contribution in [2.75, 3.05) is 0 Å². The summed E-state index contributed by atoms with van der Waals surface area (Å²) in [5.41, 5.74) is 5.54. The highest BCUT2D eigenvalue weighted by atomic mass is 16.1. The molecule has 1 heterocycles. The Bertz CT molecular complexity index is 269. The Morgan fingerprint density at radius 3 is 2.73 bits per heavy atom. The highest BCUT2D eigenvalue weighted by molar-refractivity contribution is 5.98. The molecule has 1 amide bonds. The number of nitrogens with two attached hydrogens (primary N) is 1. The van der Waals surface area contributed by atoms with Gasteiger partial charge < -0.3 is 5.73 Å². The summed E-state index contributed by atoms with van der Waals surface area (Å²) < 4.78 is 0. The van der Waals surface area contributed by atoms with E-state index in [0.717, 1.165) is 12.3 Å². The predicted octanol–water partition coefficient (Wildman–Crippen LogP) is 1.16. The number of hydrogen-bond acceptors (Lipinski definition) is 3. The smallest absolute Gasteiger partial charge is 0.228 e. The number of guanidine groups is 1. The molecule has 1 saturated carbocycles. The molecule has 1 aliphatic heterocycles. The number of aliphatic imine (C=N–C) groups is 1. The van der Waals surface area contributed by atoms with Crippen molar-refractivity contribution < 1.29 is 4.79 Å². The fourth-order valence-corrected chi connectivity index (χ4v) is 2.63. The van der Waals surface area contributed by atoms with E-state index < -0.39 is 0 Å². The summed E-state index contributed by atoms with van der Waals surface area (Å²) in [6, 6.07) is 0.127. The SMILES string of the molecule is NC1=NC(CC2CCCCC2)CC(=O)N1. The Balaban J connectivity index is 1.87. The summed E-state index contributed by atoms with van der Waals surface area (Å²) >= 11 is 0. The van der Waals surface area contributed by atoms with E-state index in [4.69, 9.17) is 5.73 Å². The van der Waals surface area contributed by atoms with Crippen molar-refractivity contribution in [3.8, 4) is 0 Å². The van der Waals surface area contributed by atoms with Crippen molar-refractivity contribution >= 4 is 11.9 Å². The molecule has 0 radical (unpaired) electrons. The van der Waals surface area contributed by atoms with Gasteiger partial charge in [0.1, 0.15) is 0 Å². The first kappa shape index (κ1) is 10.5. The van der Waals surface area contributed by atoms with Crippen LogP contribution < -0.4 is 11.1 Å². The molecule has 1 unspecified atom stereocenters. The molecule has 0 saturated heterocycles. The number of nitrogens with zero attached hydrogens (tertiary/aromatic N) is 1. The molecule has 1 aliphatic carbocycles. The molecule has 4 heteroatoms. The van der Waals surface area contributed by atoms with Crippen LogP contribution in [0.2, 0.25) is 0 Å². The van der Waals surface area contributed by atoms with Gasteiger partial charge in [-0.15, -0.1) is 0 Å². The molecule has 2 aliphatic rings. The van der Waals surface area contributed by atoms with Crippen LogP contribution >= 0.6 is 0 Å². The van der Waals surface area contributed by atoms with Crippen LogP contribution in [0.4, 0.5) is 0 Å². The Morgan fingerprint density at radius 2 is 2.07 bits per heavy atom. The molecule has 3 N–H and O–H groups in total. The van der Waals surface area contributed by atoms with Gasteiger partial charge >= 0.3 is 0 Å². The molecular formula is C11H19N3O. The third kappa shape index (κ3) is 2.94. The van der Waals surface area contributed by atoms with E-state index in [1.165, 1.54) is 32.1 Å². The molecule has 1 fully saturated rings. The number of amides is 1. The number of carbonyl (C=O) groups excluding carboxylic acids is 1. The van der Waals surface area contributed by atoms with Crippen molar-refractivity contribution in [2.45, 2.75) is 51.0 Å². The van der Waals surface area contributed by atoms with Crippen LogP contribution in [0, 0.1) is 5.92 Å². The van der Waals surface area contributed by atoms with Crippen molar-refractivity contribution in [1.29, 1.82) is 0 Å². The minimum absolute atomic E-state index is 0.0170. The van der Waals surface area contributed by atoms with Gasteiger partial charge in [0.05, 0.1) is 6.04 Å². The van der Waals surface area contributed by atoms with E-state index in [1.807, 2.05) is 0 Å². The zero-order chi connectivity index (χ0) is 10.7. The molecule has 4 nitrogen and oxygen atoms in total. The molecule has 2 rings (SSSR count). The molecule has 0 spiro atoms. The van der Waals surface area contributed by atoms with E-state index in [1.54, 1.807) is 0 Å². The summed E-state index contributed by atoms with van der Waals surface area (Å²) in [4.78, 5) is 15.5. The number of hydrogen-bond donors (Lipinski definition) is 2. The van der Waals surface area contributed by atoms with Gasteiger partial charge in [0.15, 0.2) is 5.96 Å². The number of rotatable bonds is 2. The first-order chi connectivity index (χ1) is 7.24. The number of carbonyl (C=O) groups is 1. The summed E-state index contributed by atoms with van der Waals surface area (Å²) in [5, 5.41) is 2.54. The topological polar surface area (TPSA) is 67.5 Å². The highest BCUT2D eigenvalue weighted by Gasteiger charge is 2.23. The van der Waals surface area contributed by atoms with E-state index in [0.29, 0.717) is 12.4 Å². The average Bonchev–Trinajstić information content (AvgIpc) is 2.17. The van der Waals surface area contributed by atoms with Gasteiger partial charge in [-0.3, -0.25) is 10.1 Å². The normalized spacial score (nSPS) is 28.4. The minimum Gasteiger partial charge on any atom is -0.370 e. The second-order valence-corrected chi connectivity index (χ2v) is 4.66. The third-order valence-electron chi connectivity index (χ3n) is 3.34. The lowest BCUT2D eigenvalue weighted by atomic mass is 9.84. The Hall–Kier alpha value is -1.06. The van der Waals surface area contributed by atoms with Crippen LogP contribution in [0.15, 0.2) is 4.99 Å². The van der Waals surface area contributed by atoms with E-state index in [2.05, 4.69) is 10.3 Å². The number of nitrogens with one attached hydrogen (secondary N) is 1. The lowest BCUT2D eigenvalue weighted by Crippen LogP contribution is -2.43. The van der Waals surface area contributed by atoms with Crippen LogP contribution in [0.5, 0.6) is 0 Å². The molecule has 0 aromatic rings. The lowest BCUT2D eigenvalue weighted by molar-refractivity contribution is -0.120. The van der Waals surface area contributed by atoms with E-state index in [-0.39, 0.29) is 11.9 Å². The molecule has 84 valence electrons. The predicted molar refractivity (Wildman–Crippen MR) is 59.4 cm³/mol. The zero-order valence-corrected chi connectivity index (χ0v) is 9.04. The van der Waals surface area contributed by atoms with E-state index >= 15 is 0 Å². The summed E-state index contributed by atoms with van der Waals surface area (Å²) in [7, 11) is 0. The lowest BCUT2D eigenvalue weighted by Gasteiger charge is -2.26. The van der Waals surface area contributed by atoms with Crippen LogP contribution in [-0.2, 0) is 4.79 Å². The second kappa shape index (κ2) is 4.64. The first-order valence-corrected chi connectivity index (χ1v) is 5.87. The van der Waals surface area contributed by atoms with Gasteiger partial charge in [-0.2, -0.15) is 0 Å². The summed E-state index contributed by atoms with van der Waals surface area (Å²) in [5.74, 6) is 1.07. The second-order valence-electron chi connectivity index (χ2n) is 4.66. The van der Waals surface area contributed by atoms with Crippen molar-refractivity contribution in [3.05, 3.63) is 0 Å². The Labute approximate surface area is 90.3 Å². The van der Waals surface area contributed by atoms with Gasteiger partial charge in [-0.1, -0.05) is 32.1 Å². The van der Waals surface area contributed by atoms with Crippen molar-refractivity contribution in [1.82, 2.24) is 5.32 Å². The van der Waals surface area contributed by atoms with Gasteiger partial charge in [0, 0.05) is 6.42 Å². The molecule has 15 heavy (non-hydrogen) atoms. The van der Waals surface area contributed by atoms with Crippen LogP contribution in [0.1, 0.15) is 44.9 Å². The molecule has 0 aromatic carbocycles. The molecule has 0 aromatic heterocycles. The molecule has 0 bridgehead atoms. The quantitative estimate of drug-likeness (QED) is 0.716. The largest absolute Gasteiger partial charge is 0.370 e. The highest BCUT2D eigenvalue weighted by Crippen LogP contribution is 2.29. The Morgan fingerprint density at radius 1 is 1.33 bits per heavy atom.